The first-order valence-corrected chi connectivity index (χ1v) is 8.03. The van der Waals surface area contributed by atoms with Crippen LogP contribution in [-0.4, -0.2) is 25.8 Å². The van der Waals surface area contributed by atoms with Crippen LogP contribution in [-0.2, 0) is 4.74 Å². The molecule has 0 aromatic rings. The third kappa shape index (κ3) is 11.0. The average Bonchev–Trinajstić information content (AvgIpc) is 2.35. The van der Waals surface area contributed by atoms with Crippen molar-refractivity contribution >= 4 is 0 Å². The maximum Gasteiger partial charge on any atom is 0.0621 e. The van der Waals surface area contributed by atoms with Crippen LogP contribution in [0.3, 0.4) is 0 Å². The lowest BCUT2D eigenvalue weighted by Gasteiger charge is -2.22. The summed E-state index contributed by atoms with van der Waals surface area (Å²) in [5, 5.41) is 3.63. The van der Waals surface area contributed by atoms with Gasteiger partial charge in [0.1, 0.15) is 0 Å². The van der Waals surface area contributed by atoms with Gasteiger partial charge in [0.25, 0.3) is 0 Å². The first kappa shape index (κ1) is 17.9. The SMILES string of the molecule is CCCCCCCCCNC(COCC)C(C)C. The molecule has 0 saturated carbocycles. The smallest absolute Gasteiger partial charge is 0.0621 e. The Kier molecular flexibility index (Phi) is 13.3. The predicted octanol–water partition coefficient (Wildman–Crippen LogP) is 4.39. The first-order chi connectivity index (χ1) is 8.72. The molecule has 0 aromatic carbocycles. The van der Waals surface area contributed by atoms with E-state index < -0.39 is 0 Å². The topological polar surface area (TPSA) is 21.3 Å². The number of ether oxygens (including phenoxy) is 1. The molecule has 0 spiro atoms. The van der Waals surface area contributed by atoms with E-state index in [0.717, 1.165) is 19.8 Å². The van der Waals surface area contributed by atoms with Crippen LogP contribution in [0, 0.1) is 5.92 Å². The molecule has 0 radical (unpaired) electrons. The molecule has 0 heterocycles. The lowest BCUT2D eigenvalue weighted by molar-refractivity contribution is 0.108. The normalized spacial score (nSPS) is 13.2. The summed E-state index contributed by atoms with van der Waals surface area (Å²) in [5.74, 6) is 0.654. The van der Waals surface area contributed by atoms with Gasteiger partial charge in [-0.2, -0.15) is 0 Å². The summed E-state index contributed by atoms with van der Waals surface area (Å²) in [6.07, 6.45) is 9.66. The lowest BCUT2D eigenvalue weighted by Crippen LogP contribution is -2.38. The van der Waals surface area contributed by atoms with Gasteiger partial charge in [-0.05, 0) is 25.8 Å². The van der Waals surface area contributed by atoms with Gasteiger partial charge < -0.3 is 10.1 Å². The van der Waals surface area contributed by atoms with Crippen LogP contribution in [0.4, 0.5) is 0 Å². The third-order valence-corrected chi connectivity index (χ3v) is 3.49. The second kappa shape index (κ2) is 13.4. The number of hydrogen-bond donors (Lipinski definition) is 1. The molecular formula is C16H35NO. The molecule has 0 bridgehead atoms. The summed E-state index contributed by atoms with van der Waals surface area (Å²) >= 11 is 0. The highest BCUT2D eigenvalue weighted by molar-refractivity contribution is 4.69. The summed E-state index contributed by atoms with van der Waals surface area (Å²) in [5.41, 5.74) is 0. The molecule has 0 aromatic heterocycles. The van der Waals surface area contributed by atoms with E-state index in [2.05, 4.69) is 33.0 Å². The summed E-state index contributed by atoms with van der Waals surface area (Å²) in [4.78, 5) is 0. The largest absolute Gasteiger partial charge is 0.380 e. The Morgan fingerprint density at radius 2 is 1.50 bits per heavy atom. The Bertz CT molecular complexity index is 159. The molecule has 1 unspecified atom stereocenters. The maximum atomic E-state index is 5.52. The molecule has 110 valence electrons. The van der Waals surface area contributed by atoms with Crippen LogP contribution >= 0.6 is 0 Å². The highest BCUT2D eigenvalue weighted by Gasteiger charge is 2.11. The molecule has 2 heteroatoms. The summed E-state index contributed by atoms with van der Waals surface area (Å²) in [7, 11) is 0. The number of nitrogens with one attached hydrogen (secondary N) is 1. The van der Waals surface area contributed by atoms with Crippen molar-refractivity contribution in [2.24, 2.45) is 5.92 Å². The van der Waals surface area contributed by atoms with Crippen molar-refractivity contribution in [2.45, 2.75) is 78.7 Å². The van der Waals surface area contributed by atoms with E-state index in [4.69, 9.17) is 4.74 Å². The fourth-order valence-electron chi connectivity index (χ4n) is 2.10. The number of rotatable bonds is 13. The average molecular weight is 257 g/mol. The van der Waals surface area contributed by atoms with Crippen molar-refractivity contribution in [1.82, 2.24) is 5.32 Å². The Labute approximate surface area is 115 Å². The second-order valence-electron chi connectivity index (χ2n) is 5.59. The van der Waals surface area contributed by atoms with E-state index in [1.54, 1.807) is 0 Å². The molecule has 0 aliphatic rings. The van der Waals surface area contributed by atoms with Gasteiger partial charge in [0.05, 0.1) is 6.61 Å². The molecule has 0 aliphatic heterocycles. The quantitative estimate of drug-likeness (QED) is 0.494. The molecule has 1 N–H and O–H groups in total. The van der Waals surface area contributed by atoms with Crippen molar-refractivity contribution in [3.63, 3.8) is 0 Å². The van der Waals surface area contributed by atoms with E-state index in [9.17, 15) is 0 Å². The van der Waals surface area contributed by atoms with E-state index in [1.807, 2.05) is 0 Å². The zero-order valence-corrected chi connectivity index (χ0v) is 13.1. The molecular weight excluding hydrogens is 222 g/mol. The maximum absolute atomic E-state index is 5.52. The van der Waals surface area contributed by atoms with Gasteiger partial charge in [-0.25, -0.2) is 0 Å². The Morgan fingerprint density at radius 3 is 2.06 bits per heavy atom. The Balaban J connectivity index is 3.37. The van der Waals surface area contributed by atoms with Gasteiger partial charge in [-0.3, -0.25) is 0 Å². The van der Waals surface area contributed by atoms with Crippen molar-refractivity contribution < 1.29 is 4.74 Å². The first-order valence-electron chi connectivity index (χ1n) is 8.03. The lowest BCUT2D eigenvalue weighted by atomic mass is 10.0. The zero-order chi connectivity index (χ0) is 13.6. The van der Waals surface area contributed by atoms with Gasteiger partial charge in [-0.15, -0.1) is 0 Å². The van der Waals surface area contributed by atoms with E-state index in [-0.39, 0.29) is 0 Å². The van der Waals surface area contributed by atoms with Crippen molar-refractivity contribution in [1.29, 1.82) is 0 Å². The predicted molar refractivity (Wildman–Crippen MR) is 81.1 cm³/mol. The highest BCUT2D eigenvalue weighted by atomic mass is 16.5. The van der Waals surface area contributed by atoms with Gasteiger partial charge in [-0.1, -0.05) is 59.3 Å². The molecule has 1 atom stereocenters. The number of unbranched alkanes of at least 4 members (excludes halogenated alkanes) is 6. The molecule has 2 nitrogen and oxygen atoms in total. The fourth-order valence-corrected chi connectivity index (χ4v) is 2.10. The van der Waals surface area contributed by atoms with Gasteiger partial charge >= 0.3 is 0 Å². The van der Waals surface area contributed by atoms with Crippen LogP contribution in [0.2, 0.25) is 0 Å². The minimum atomic E-state index is 0.519. The van der Waals surface area contributed by atoms with Crippen LogP contribution in [0.1, 0.15) is 72.6 Å². The van der Waals surface area contributed by atoms with Gasteiger partial charge in [0, 0.05) is 12.6 Å². The van der Waals surface area contributed by atoms with Crippen molar-refractivity contribution in [2.75, 3.05) is 19.8 Å². The summed E-state index contributed by atoms with van der Waals surface area (Å²) < 4.78 is 5.52. The Hall–Kier alpha value is -0.0800. The highest BCUT2D eigenvalue weighted by Crippen LogP contribution is 2.07. The van der Waals surface area contributed by atoms with Crippen LogP contribution in [0.25, 0.3) is 0 Å². The van der Waals surface area contributed by atoms with Crippen LogP contribution in [0.5, 0.6) is 0 Å². The van der Waals surface area contributed by atoms with Gasteiger partial charge in [0.2, 0.25) is 0 Å². The summed E-state index contributed by atoms with van der Waals surface area (Å²) in [6.45, 7) is 11.7. The Morgan fingerprint density at radius 1 is 0.889 bits per heavy atom. The minimum Gasteiger partial charge on any atom is -0.380 e. The molecule has 0 saturated heterocycles. The van der Waals surface area contributed by atoms with Crippen molar-refractivity contribution in [3.8, 4) is 0 Å². The molecule has 0 amide bonds. The molecule has 0 aliphatic carbocycles. The zero-order valence-electron chi connectivity index (χ0n) is 13.1. The third-order valence-electron chi connectivity index (χ3n) is 3.49. The monoisotopic (exact) mass is 257 g/mol. The molecule has 18 heavy (non-hydrogen) atoms. The standard InChI is InChI=1S/C16H35NO/c1-5-7-8-9-10-11-12-13-17-16(15(3)4)14-18-6-2/h15-17H,5-14H2,1-4H3. The van der Waals surface area contributed by atoms with E-state index in [0.29, 0.717) is 12.0 Å². The van der Waals surface area contributed by atoms with Crippen molar-refractivity contribution in [3.05, 3.63) is 0 Å². The van der Waals surface area contributed by atoms with Gasteiger partial charge in [0.15, 0.2) is 0 Å². The van der Waals surface area contributed by atoms with Crippen LogP contribution < -0.4 is 5.32 Å². The minimum absolute atomic E-state index is 0.519. The number of hydrogen-bond acceptors (Lipinski definition) is 2. The van der Waals surface area contributed by atoms with E-state index >= 15 is 0 Å². The van der Waals surface area contributed by atoms with Crippen LogP contribution in [0.15, 0.2) is 0 Å². The fraction of sp³-hybridized carbons (Fsp3) is 1.00. The van der Waals surface area contributed by atoms with E-state index in [1.165, 1.54) is 44.9 Å². The summed E-state index contributed by atoms with van der Waals surface area (Å²) in [6, 6.07) is 0.519. The molecule has 0 fully saturated rings. The second-order valence-corrected chi connectivity index (χ2v) is 5.59. The molecule has 0 rings (SSSR count).